The molecule has 0 atom stereocenters. The van der Waals surface area contributed by atoms with Crippen molar-refractivity contribution in [1.29, 1.82) is 5.26 Å². The van der Waals surface area contributed by atoms with Crippen molar-refractivity contribution in [3.63, 3.8) is 0 Å². The predicted octanol–water partition coefficient (Wildman–Crippen LogP) is 5.09. The summed E-state index contributed by atoms with van der Waals surface area (Å²) in [5, 5.41) is 12.3. The van der Waals surface area contributed by atoms with Gasteiger partial charge in [-0.15, -0.1) is 0 Å². The van der Waals surface area contributed by atoms with Crippen LogP contribution >= 0.6 is 0 Å². The standard InChI is InChI=1S/C25H26N4O3S/c1-4-29(5-2)33(30,31)21-14-15-22(28-23-8-6-7-9-25(23)32-3)24(16-21)27-18-20-12-10-19(17-26)11-13-20/h6-16,18,28H,4-5H2,1-3H3. The van der Waals surface area contributed by atoms with Crippen molar-refractivity contribution in [2.45, 2.75) is 18.7 Å². The number of methoxy groups -OCH3 is 1. The molecule has 0 aliphatic carbocycles. The molecule has 0 fully saturated rings. The summed E-state index contributed by atoms with van der Waals surface area (Å²) in [5.74, 6) is 0.652. The van der Waals surface area contributed by atoms with Crippen molar-refractivity contribution >= 4 is 33.3 Å². The van der Waals surface area contributed by atoms with Crippen molar-refractivity contribution in [2.24, 2.45) is 4.99 Å². The van der Waals surface area contributed by atoms with Gasteiger partial charge >= 0.3 is 0 Å². The molecule has 170 valence electrons. The number of anilines is 2. The number of hydrogen-bond acceptors (Lipinski definition) is 6. The van der Waals surface area contributed by atoms with E-state index >= 15 is 0 Å². The summed E-state index contributed by atoms with van der Waals surface area (Å²) in [6.45, 7) is 4.37. The first-order valence-electron chi connectivity index (χ1n) is 10.5. The molecule has 0 unspecified atom stereocenters. The van der Waals surface area contributed by atoms with E-state index in [1.54, 1.807) is 55.8 Å². The minimum absolute atomic E-state index is 0.170. The predicted molar refractivity (Wildman–Crippen MR) is 131 cm³/mol. The summed E-state index contributed by atoms with van der Waals surface area (Å²) in [4.78, 5) is 4.74. The van der Waals surface area contributed by atoms with Crippen LogP contribution in [-0.2, 0) is 10.0 Å². The van der Waals surface area contributed by atoms with Gasteiger partial charge in [0.1, 0.15) is 5.75 Å². The number of benzene rings is 3. The topological polar surface area (TPSA) is 94.8 Å². The van der Waals surface area contributed by atoms with Crippen molar-refractivity contribution in [1.82, 2.24) is 4.31 Å². The summed E-state index contributed by atoms with van der Waals surface area (Å²) in [6, 6.07) is 21.4. The number of ether oxygens (including phenoxy) is 1. The first kappa shape index (κ1) is 24.0. The van der Waals surface area contributed by atoms with E-state index in [-0.39, 0.29) is 4.90 Å². The molecule has 0 bridgehead atoms. The Morgan fingerprint density at radius 1 is 1.03 bits per heavy atom. The van der Waals surface area contributed by atoms with Gasteiger partial charge in [-0.1, -0.05) is 38.1 Å². The third-order valence-corrected chi connectivity index (χ3v) is 7.13. The average Bonchev–Trinajstić information content (AvgIpc) is 2.84. The second kappa shape index (κ2) is 10.8. The maximum Gasteiger partial charge on any atom is 0.243 e. The van der Waals surface area contributed by atoms with Crippen LogP contribution in [0.15, 0.2) is 76.6 Å². The maximum absolute atomic E-state index is 13.1. The Kier molecular flexibility index (Phi) is 7.83. The first-order chi connectivity index (χ1) is 15.9. The van der Waals surface area contributed by atoms with Crippen molar-refractivity contribution in [3.8, 4) is 11.8 Å². The van der Waals surface area contributed by atoms with Crippen molar-refractivity contribution < 1.29 is 13.2 Å². The summed E-state index contributed by atoms with van der Waals surface area (Å²) in [7, 11) is -2.06. The zero-order valence-electron chi connectivity index (χ0n) is 18.8. The normalized spacial score (nSPS) is 11.5. The summed E-state index contributed by atoms with van der Waals surface area (Å²) in [6.07, 6.45) is 1.64. The monoisotopic (exact) mass is 462 g/mol. The number of hydrogen-bond donors (Lipinski definition) is 1. The molecule has 0 aliphatic heterocycles. The fourth-order valence-corrected chi connectivity index (χ4v) is 4.76. The number of para-hydroxylation sites is 2. The summed E-state index contributed by atoms with van der Waals surface area (Å²) < 4.78 is 33.0. The van der Waals surface area contributed by atoms with Gasteiger partial charge in [0.15, 0.2) is 0 Å². The molecular formula is C25H26N4O3S. The lowest BCUT2D eigenvalue weighted by molar-refractivity contribution is 0.417. The highest BCUT2D eigenvalue weighted by Gasteiger charge is 2.22. The molecule has 0 aliphatic rings. The molecule has 0 amide bonds. The Morgan fingerprint density at radius 3 is 2.36 bits per heavy atom. The number of nitrogens with one attached hydrogen (secondary N) is 1. The molecule has 0 heterocycles. The van der Waals surface area contributed by atoms with Gasteiger partial charge in [-0.25, -0.2) is 8.42 Å². The Balaban J connectivity index is 2.06. The molecule has 0 aromatic heterocycles. The molecule has 0 saturated carbocycles. The Labute approximate surface area is 195 Å². The average molecular weight is 463 g/mol. The first-order valence-corrected chi connectivity index (χ1v) is 11.9. The second-order valence-corrected chi connectivity index (χ2v) is 9.02. The van der Waals surface area contributed by atoms with Crippen LogP contribution < -0.4 is 10.1 Å². The van der Waals surface area contributed by atoms with E-state index in [4.69, 9.17) is 10.00 Å². The molecule has 0 radical (unpaired) electrons. The minimum atomic E-state index is -3.65. The smallest absolute Gasteiger partial charge is 0.243 e. The van der Waals surface area contributed by atoms with E-state index in [0.717, 1.165) is 11.3 Å². The number of aliphatic imine (C=N–C) groups is 1. The van der Waals surface area contributed by atoms with Crippen LogP contribution in [0.25, 0.3) is 0 Å². The van der Waals surface area contributed by atoms with Crippen LogP contribution in [-0.4, -0.2) is 39.1 Å². The van der Waals surface area contributed by atoms with E-state index in [0.29, 0.717) is 35.8 Å². The fraction of sp³-hybridized carbons (Fsp3) is 0.200. The van der Waals surface area contributed by atoms with E-state index < -0.39 is 10.0 Å². The number of nitriles is 1. The lowest BCUT2D eigenvalue weighted by atomic mass is 10.1. The lowest BCUT2D eigenvalue weighted by Crippen LogP contribution is -2.30. The lowest BCUT2D eigenvalue weighted by Gasteiger charge is -2.19. The maximum atomic E-state index is 13.1. The van der Waals surface area contributed by atoms with E-state index in [1.807, 2.05) is 38.1 Å². The van der Waals surface area contributed by atoms with Crippen LogP contribution in [0.2, 0.25) is 0 Å². The quantitative estimate of drug-likeness (QED) is 0.447. The van der Waals surface area contributed by atoms with E-state index in [1.165, 1.54) is 4.31 Å². The van der Waals surface area contributed by atoms with E-state index in [2.05, 4.69) is 16.4 Å². The summed E-state index contributed by atoms with van der Waals surface area (Å²) >= 11 is 0. The Hall–Kier alpha value is -3.67. The number of rotatable bonds is 9. The molecule has 3 aromatic rings. The van der Waals surface area contributed by atoms with Crippen LogP contribution in [0.1, 0.15) is 25.0 Å². The molecular weight excluding hydrogens is 436 g/mol. The SMILES string of the molecule is CCN(CC)S(=O)(=O)c1ccc(Nc2ccccc2OC)c(N=Cc2ccc(C#N)cc2)c1. The zero-order chi connectivity index (χ0) is 23.8. The molecule has 3 aromatic carbocycles. The fourth-order valence-electron chi connectivity index (χ4n) is 3.28. The van der Waals surface area contributed by atoms with Gasteiger partial charge in [0, 0.05) is 19.3 Å². The van der Waals surface area contributed by atoms with Gasteiger partial charge in [-0.2, -0.15) is 9.57 Å². The summed E-state index contributed by atoms with van der Waals surface area (Å²) in [5.41, 5.74) is 3.16. The largest absolute Gasteiger partial charge is 0.495 e. The van der Waals surface area contributed by atoms with Gasteiger partial charge in [0.2, 0.25) is 10.0 Å². The molecule has 0 saturated heterocycles. The number of nitrogens with zero attached hydrogens (tertiary/aromatic N) is 3. The highest BCUT2D eigenvalue weighted by Crippen LogP contribution is 2.34. The van der Waals surface area contributed by atoms with Gasteiger partial charge in [0.05, 0.1) is 40.7 Å². The van der Waals surface area contributed by atoms with Crippen LogP contribution in [0, 0.1) is 11.3 Å². The molecule has 33 heavy (non-hydrogen) atoms. The molecule has 7 nitrogen and oxygen atoms in total. The minimum Gasteiger partial charge on any atom is -0.495 e. The Bertz CT molecular complexity index is 1280. The Morgan fingerprint density at radius 2 is 1.73 bits per heavy atom. The molecule has 1 N–H and O–H groups in total. The highest BCUT2D eigenvalue weighted by atomic mass is 32.2. The molecule has 0 spiro atoms. The van der Waals surface area contributed by atoms with Crippen LogP contribution in [0.5, 0.6) is 5.75 Å². The van der Waals surface area contributed by atoms with Gasteiger partial charge < -0.3 is 10.1 Å². The van der Waals surface area contributed by atoms with Gasteiger partial charge in [0.25, 0.3) is 0 Å². The second-order valence-electron chi connectivity index (χ2n) is 7.09. The molecule has 8 heteroatoms. The van der Waals surface area contributed by atoms with Crippen molar-refractivity contribution in [2.75, 3.05) is 25.5 Å². The van der Waals surface area contributed by atoms with E-state index in [9.17, 15) is 8.42 Å². The zero-order valence-corrected chi connectivity index (χ0v) is 19.6. The van der Waals surface area contributed by atoms with Gasteiger partial charge in [-0.3, -0.25) is 4.99 Å². The highest BCUT2D eigenvalue weighted by molar-refractivity contribution is 7.89. The molecule has 3 rings (SSSR count). The van der Waals surface area contributed by atoms with Crippen LogP contribution in [0.4, 0.5) is 17.1 Å². The number of sulfonamides is 1. The third-order valence-electron chi connectivity index (χ3n) is 5.08. The van der Waals surface area contributed by atoms with Gasteiger partial charge in [-0.05, 0) is 48.0 Å². The third kappa shape index (κ3) is 5.58. The van der Waals surface area contributed by atoms with Crippen molar-refractivity contribution in [3.05, 3.63) is 77.9 Å². The van der Waals surface area contributed by atoms with Crippen LogP contribution in [0.3, 0.4) is 0 Å².